The van der Waals surface area contributed by atoms with Gasteiger partial charge in [0.2, 0.25) is 0 Å². The lowest BCUT2D eigenvalue weighted by Crippen LogP contribution is -2.33. The Hall–Kier alpha value is -1.37. The summed E-state index contributed by atoms with van der Waals surface area (Å²) in [5.74, 6) is 1.95. The van der Waals surface area contributed by atoms with Crippen LogP contribution in [0, 0.1) is 0 Å². The van der Waals surface area contributed by atoms with E-state index in [1.807, 2.05) is 36.3 Å². The Balaban J connectivity index is 2.33. The second kappa shape index (κ2) is 4.65. The van der Waals surface area contributed by atoms with E-state index in [0.717, 1.165) is 24.8 Å². The summed E-state index contributed by atoms with van der Waals surface area (Å²) in [5.41, 5.74) is 0.260. The Morgan fingerprint density at radius 3 is 2.31 bits per heavy atom. The summed E-state index contributed by atoms with van der Waals surface area (Å²) in [6, 6.07) is 9.36. The smallest absolute Gasteiger partial charge is 0.131 e. The maximum absolute atomic E-state index is 11.1. The molecule has 16 heavy (non-hydrogen) atoms. The number of aliphatic hydroxyl groups is 1. The minimum atomic E-state index is -0.957. The predicted molar refractivity (Wildman–Crippen MR) is 63.6 cm³/mol. The second-order valence-corrected chi connectivity index (χ2v) is 4.44. The van der Waals surface area contributed by atoms with E-state index in [9.17, 15) is 9.90 Å². The van der Waals surface area contributed by atoms with E-state index in [4.69, 9.17) is 0 Å². The van der Waals surface area contributed by atoms with Crippen LogP contribution >= 0.6 is 0 Å². The topological polar surface area (TPSA) is 37.3 Å². The molecule has 0 spiro atoms. The molecule has 0 atom stereocenters. The number of benzene rings is 1. The van der Waals surface area contributed by atoms with Crippen LogP contribution in [0.1, 0.15) is 37.7 Å². The van der Waals surface area contributed by atoms with E-state index >= 15 is 0 Å². The Morgan fingerprint density at radius 1 is 1.12 bits per heavy atom. The average molecular weight is 216 g/mol. The van der Waals surface area contributed by atoms with Gasteiger partial charge in [-0.3, -0.25) is 0 Å². The quantitative estimate of drug-likeness (QED) is 0.771. The van der Waals surface area contributed by atoms with Gasteiger partial charge in [0, 0.05) is 0 Å². The molecule has 0 aliphatic heterocycles. The first-order valence-corrected chi connectivity index (χ1v) is 5.80. The van der Waals surface area contributed by atoms with Crippen molar-refractivity contribution in [3.8, 4) is 0 Å². The summed E-state index contributed by atoms with van der Waals surface area (Å²) in [6.07, 6.45) is 4.45. The van der Waals surface area contributed by atoms with Gasteiger partial charge in [0.1, 0.15) is 11.5 Å². The third kappa shape index (κ3) is 2.08. The van der Waals surface area contributed by atoms with Crippen molar-refractivity contribution in [2.24, 2.45) is 0 Å². The van der Waals surface area contributed by atoms with Gasteiger partial charge in [-0.1, -0.05) is 49.6 Å². The second-order valence-electron chi connectivity index (χ2n) is 4.44. The van der Waals surface area contributed by atoms with Crippen molar-refractivity contribution < 1.29 is 9.90 Å². The van der Waals surface area contributed by atoms with Gasteiger partial charge >= 0.3 is 0 Å². The zero-order valence-electron chi connectivity index (χ0n) is 9.28. The van der Waals surface area contributed by atoms with Gasteiger partial charge in [-0.2, -0.15) is 0 Å². The van der Waals surface area contributed by atoms with Gasteiger partial charge in [0.05, 0.1) is 5.57 Å². The highest BCUT2D eigenvalue weighted by Crippen LogP contribution is 2.37. The van der Waals surface area contributed by atoms with Crippen LogP contribution in [0.5, 0.6) is 0 Å². The molecule has 2 nitrogen and oxygen atoms in total. The maximum Gasteiger partial charge on any atom is 0.131 e. The summed E-state index contributed by atoms with van der Waals surface area (Å²) in [4.78, 5) is 11.1. The van der Waals surface area contributed by atoms with Crippen LogP contribution in [0.3, 0.4) is 0 Å². The van der Waals surface area contributed by atoms with Crippen molar-refractivity contribution in [2.75, 3.05) is 0 Å². The molecule has 84 valence electrons. The van der Waals surface area contributed by atoms with E-state index in [2.05, 4.69) is 0 Å². The van der Waals surface area contributed by atoms with Crippen LogP contribution in [-0.2, 0) is 4.79 Å². The largest absolute Gasteiger partial charge is 0.384 e. The molecule has 2 rings (SSSR count). The lowest BCUT2D eigenvalue weighted by atomic mass is 9.77. The first-order chi connectivity index (χ1) is 7.76. The monoisotopic (exact) mass is 216 g/mol. The summed E-state index contributed by atoms with van der Waals surface area (Å²) in [6.45, 7) is 0. The first-order valence-electron chi connectivity index (χ1n) is 5.80. The van der Waals surface area contributed by atoms with Gasteiger partial charge < -0.3 is 5.11 Å². The molecule has 0 amide bonds. The number of hydrogen-bond donors (Lipinski definition) is 1. The molecule has 2 heteroatoms. The lowest BCUT2D eigenvalue weighted by molar-refractivity contribution is 0.0621. The fourth-order valence-electron chi connectivity index (χ4n) is 2.41. The van der Waals surface area contributed by atoms with Crippen LogP contribution in [0.4, 0.5) is 0 Å². The van der Waals surface area contributed by atoms with Crippen LogP contribution < -0.4 is 0 Å². The standard InChI is InChI=1S/C14H16O2/c15-11-13(12-7-3-1-4-8-12)14(16)9-5-2-6-10-14/h1,3-4,7-8,16H,2,5-6,9-10H2. The third-order valence-corrected chi connectivity index (χ3v) is 3.31. The van der Waals surface area contributed by atoms with Crippen LogP contribution in [-0.4, -0.2) is 16.6 Å². The highest BCUT2D eigenvalue weighted by molar-refractivity contribution is 5.91. The Kier molecular flexibility index (Phi) is 3.23. The summed E-state index contributed by atoms with van der Waals surface area (Å²) < 4.78 is 0. The van der Waals surface area contributed by atoms with Crippen LogP contribution in [0.25, 0.3) is 5.57 Å². The molecule has 0 radical (unpaired) electrons. The number of carbonyl (C=O) groups excluding carboxylic acids is 1. The SMILES string of the molecule is O=C=C(c1ccccc1)C1(O)CCCCC1. The molecule has 1 aromatic rings. The molecule has 1 aliphatic carbocycles. The van der Waals surface area contributed by atoms with E-state index in [0.29, 0.717) is 18.4 Å². The van der Waals surface area contributed by atoms with Crippen LogP contribution in [0.2, 0.25) is 0 Å². The molecular formula is C14H16O2. The molecule has 1 fully saturated rings. The molecule has 0 aromatic heterocycles. The first kappa shape index (κ1) is 11.1. The van der Waals surface area contributed by atoms with Crippen molar-refractivity contribution >= 4 is 11.5 Å². The van der Waals surface area contributed by atoms with Crippen molar-refractivity contribution in [1.82, 2.24) is 0 Å². The summed E-state index contributed by atoms with van der Waals surface area (Å²) >= 11 is 0. The molecular weight excluding hydrogens is 200 g/mol. The fourth-order valence-corrected chi connectivity index (χ4v) is 2.41. The predicted octanol–water partition coefficient (Wildman–Crippen LogP) is 2.60. The molecule has 1 N–H and O–H groups in total. The summed E-state index contributed by atoms with van der Waals surface area (Å²) in [5, 5.41) is 10.5. The molecule has 0 heterocycles. The molecule has 1 saturated carbocycles. The molecule has 1 aliphatic rings. The highest BCUT2D eigenvalue weighted by Gasteiger charge is 2.35. The van der Waals surface area contributed by atoms with Crippen molar-refractivity contribution in [1.29, 1.82) is 0 Å². The fraction of sp³-hybridized carbons (Fsp3) is 0.429. The average Bonchev–Trinajstić information content (AvgIpc) is 2.32. The van der Waals surface area contributed by atoms with Gasteiger partial charge in [-0.15, -0.1) is 0 Å². The van der Waals surface area contributed by atoms with Crippen LogP contribution in [0.15, 0.2) is 30.3 Å². The van der Waals surface area contributed by atoms with Gasteiger partial charge in [-0.25, -0.2) is 4.79 Å². The van der Waals surface area contributed by atoms with E-state index < -0.39 is 5.60 Å². The molecule has 1 aromatic carbocycles. The highest BCUT2D eigenvalue weighted by atomic mass is 16.3. The molecule has 0 bridgehead atoms. The lowest BCUT2D eigenvalue weighted by Gasteiger charge is -2.32. The van der Waals surface area contributed by atoms with E-state index in [1.165, 1.54) is 0 Å². The van der Waals surface area contributed by atoms with E-state index in [-0.39, 0.29) is 0 Å². The maximum atomic E-state index is 11.1. The van der Waals surface area contributed by atoms with Crippen molar-refractivity contribution in [3.05, 3.63) is 35.9 Å². The zero-order chi connectivity index (χ0) is 11.4. The van der Waals surface area contributed by atoms with Gasteiger partial charge in [0.25, 0.3) is 0 Å². The Bertz CT molecular complexity index is 396. The normalized spacial score (nSPS) is 18.8. The number of rotatable bonds is 2. The minimum absolute atomic E-state index is 0.424. The van der Waals surface area contributed by atoms with E-state index in [1.54, 1.807) is 0 Å². The minimum Gasteiger partial charge on any atom is -0.384 e. The third-order valence-electron chi connectivity index (χ3n) is 3.31. The number of hydrogen-bond acceptors (Lipinski definition) is 2. The Morgan fingerprint density at radius 2 is 1.75 bits per heavy atom. The van der Waals surface area contributed by atoms with Gasteiger partial charge in [0.15, 0.2) is 0 Å². The Labute approximate surface area is 95.6 Å². The molecule has 0 saturated heterocycles. The van der Waals surface area contributed by atoms with Gasteiger partial charge in [-0.05, 0) is 18.4 Å². The van der Waals surface area contributed by atoms with Crippen molar-refractivity contribution in [3.63, 3.8) is 0 Å². The zero-order valence-corrected chi connectivity index (χ0v) is 9.28. The summed E-state index contributed by atoms with van der Waals surface area (Å²) in [7, 11) is 0. The molecule has 0 unspecified atom stereocenters. The van der Waals surface area contributed by atoms with Crippen molar-refractivity contribution in [2.45, 2.75) is 37.7 Å².